The summed E-state index contributed by atoms with van der Waals surface area (Å²) < 4.78 is 10.8. The standard InChI is InChI=1S/C13H26O2/c1-3-4-7-12(2)8-5-6-9-13-14-10-11-15-13/h12-13H,3-11H2,1-2H3. The van der Waals surface area contributed by atoms with Crippen LogP contribution in [0.3, 0.4) is 0 Å². The monoisotopic (exact) mass is 214 g/mol. The Kier molecular flexibility index (Phi) is 7.03. The van der Waals surface area contributed by atoms with Crippen LogP contribution in [0.4, 0.5) is 0 Å². The summed E-state index contributed by atoms with van der Waals surface area (Å²) in [7, 11) is 0. The molecule has 90 valence electrons. The minimum Gasteiger partial charge on any atom is -0.350 e. The third kappa shape index (κ3) is 6.16. The molecule has 0 bridgehead atoms. The van der Waals surface area contributed by atoms with Crippen molar-refractivity contribution in [3.63, 3.8) is 0 Å². The Labute approximate surface area is 94.3 Å². The van der Waals surface area contributed by atoms with Gasteiger partial charge >= 0.3 is 0 Å². The van der Waals surface area contributed by atoms with Crippen LogP contribution in [0.1, 0.15) is 58.8 Å². The highest BCUT2D eigenvalue weighted by Gasteiger charge is 2.14. The zero-order chi connectivity index (χ0) is 10.9. The van der Waals surface area contributed by atoms with Gasteiger partial charge in [-0.25, -0.2) is 0 Å². The van der Waals surface area contributed by atoms with E-state index >= 15 is 0 Å². The highest BCUT2D eigenvalue weighted by Crippen LogP contribution is 2.18. The van der Waals surface area contributed by atoms with Crippen molar-refractivity contribution in [2.45, 2.75) is 65.1 Å². The first-order chi connectivity index (χ1) is 7.33. The molecule has 0 aliphatic carbocycles. The Bertz CT molecular complexity index is 141. The number of rotatable bonds is 8. The fourth-order valence-electron chi connectivity index (χ4n) is 2.07. The highest BCUT2D eigenvalue weighted by atomic mass is 16.7. The molecule has 1 heterocycles. The normalized spacial score (nSPS) is 19.6. The van der Waals surface area contributed by atoms with Crippen LogP contribution in [0.15, 0.2) is 0 Å². The van der Waals surface area contributed by atoms with Gasteiger partial charge in [-0.15, -0.1) is 0 Å². The maximum atomic E-state index is 5.40. The molecule has 0 spiro atoms. The van der Waals surface area contributed by atoms with Gasteiger partial charge in [-0.1, -0.05) is 46.0 Å². The second kappa shape index (κ2) is 8.12. The zero-order valence-electron chi connectivity index (χ0n) is 10.3. The van der Waals surface area contributed by atoms with Gasteiger partial charge in [-0.2, -0.15) is 0 Å². The smallest absolute Gasteiger partial charge is 0.157 e. The molecule has 1 saturated heterocycles. The summed E-state index contributed by atoms with van der Waals surface area (Å²) in [5, 5.41) is 0. The predicted molar refractivity (Wildman–Crippen MR) is 62.8 cm³/mol. The molecular formula is C13H26O2. The molecule has 1 rings (SSSR count). The molecule has 15 heavy (non-hydrogen) atoms. The van der Waals surface area contributed by atoms with E-state index in [2.05, 4.69) is 13.8 Å². The lowest BCUT2D eigenvalue weighted by Gasteiger charge is -2.11. The summed E-state index contributed by atoms with van der Waals surface area (Å²) in [6, 6.07) is 0. The second-order valence-corrected chi connectivity index (χ2v) is 4.70. The van der Waals surface area contributed by atoms with Crippen LogP contribution in [0.5, 0.6) is 0 Å². The van der Waals surface area contributed by atoms with Crippen molar-refractivity contribution in [2.24, 2.45) is 5.92 Å². The first-order valence-electron chi connectivity index (χ1n) is 6.56. The molecule has 0 aromatic rings. The van der Waals surface area contributed by atoms with E-state index in [0.717, 1.165) is 25.6 Å². The van der Waals surface area contributed by atoms with Crippen LogP contribution in [-0.4, -0.2) is 19.5 Å². The van der Waals surface area contributed by atoms with Crippen LogP contribution in [0.2, 0.25) is 0 Å². The summed E-state index contributed by atoms with van der Waals surface area (Å²) in [6.07, 6.45) is 9.25. The summed E-state index contributed by atoms with van der Waals surface area (Å²) in [5.41, 5.74) is 0. The summed E-state index contributed by atoms with van der Waals surface area (Å²) >= 11 is 0. The fraction of sp³-hybridized carbons (Fsp3) is 1.00. The lowest BCUT2D eigenvalue weighted by molar-refractivity contribution is -0.0481. The van der Waals surface area contributed by atoms with Gasteiger partial charge in [0.15, 0.2) is 6.29 Å². The van der Waals surface area contributed by atoms with Crippen LogP contribution in [-0.2, 0) is 9.47 Å². The molecule has 0 N–H and O–H groups in total. The number of hydrogen-bond donors (Lipinski definition) is 0. The number of unbranched alkanes of at least 4 members (excludes halogenated alkanes) is 2. The quantitative estimate of drug-likeness (QED) is 0.573. The van der Waals surface area contributed by atoms with Crippen molar-refractivity contribution in [1.29, 1.82) is 0 Å². The minimum absolute atomic E-state index is 0.107. The third-order valence-corrected chi connectivity index (χ3v) is 3.13. The molecule has 1 aliphatic rings. The van der Waals surface area contributed by atoms with Gasteiger partial charge in [0.1, 0.15) is 0 Å². The molecule has 1 fully saturated rings. The topological polar surface area (TPSA) is 18.5 Å². The molecule has 2 heteroatoms. The van der Waals surface area contributed by atoms with E-state index in [1.165, 1.54) is 38.5 Å². The summed E-state index contributed by atoms with van der Waals surface area (Å²) in [6.45, 7) is 6.22. The van der Waals surface area contributed by atoms with E-state index in [1.807, 2.05) is 0 Å². The van der Waals surface area contributed by atoms with Gasteiger partial charge < -0.3 is 9.47 Å². The van der Waals surface area contributed by atoms with Gasteiger partial charge in [-0.3, -0.25) is 0 Å². The average Bonchev–Trinajstić information content (AvgIpc) is 2.74. The van der Waals surface area contributed by atoms with Crippen molar-refractivity contribution in [3.8, 4) is 0 Å². The molecule has 0 saturated carbocycles. The van der Waals surface area contributed by atoms with Crippen molar-refractivity contribution in [3.05, 3.63) is 0 Å². The Balaban J connectivity index is 1.87. The molecule has 0 aromatic carbocycles. The molecule has 1 aliphatic heterocycles. The zero-order valence-corrected chi connectivity index (χ0v) is 10.3. The second-order valence-electron chi connectivity index (χ2n) is 4.70. The lowest BCUT2D eigenvalue weighted by atomic mass is 9.97. The van der Waals surface area contributed by atoms with E-state index in [1.54, 1.807) is 0 Å². The fourth-order valence-corrected chi connectivity index (χ4v) is 2.07. The first kappa shape index (κ1) is 13.0. The largest absolute Gasteiger partial charge is 0.350 e. The molecule has 1 atom stereocenters. The Morgan fingerprint density at radius 3 is 2.40 bits per heavy atom. The highest BCUT2D eigenvalue weighted by molar-refractivity contribution is 4.57. The average molecular weight is 214 g/mol. The van der Waals surface area contributed by atoms with Gasteiger partial charge in [-0.05, 0) is 18.8 Å². The predicted octanol–water partition coefficient (Wildman–Crippen LogP) is 3.75. The number of hydrogen-bond acceptors (Lipinski definition) is 2. The van der Waals surface area contributed by atoms with Crippen LogP contribution >= 0.6 is 0 Å². The molecular weight excluding hydrogens is 188 g/mol. The van der Waals surface area contributed by atoms with Gasteiger partial charge in [0.25, 0.3) is 0 Å². The van der Waals surface area contributed by atoms with Gasteiger partial charge in [0, 0.05) is 0 Å². The van der Waals surface area contributed by atoms with Gasteiger partial charge in [0.05, 0.1) is 13.2 Å². The van der Waals surface area contributed by atoms with Gasteiger partial charge in [0.2, 0.25) is 0 Å². The Morgan fingerprint density at radius 2 is 1.73 bits per heavy atom. The number of ether oxygens (including phenoxy) is 2. The lowest BCUT2D eigenvalue weighted by Crippen LogP contribution is -2.07. The molecule has 0 aromatic heterocycles. The van der Waals surface area contributed by atoms with Crippen LogP contribution in [0.25, 0.3) is 0 Å². The molecule has 2 nitrogen and oxygen atoms in total. The van der Waals surface area contributed by atoms with Crippen molar-refractivity contribution < 1.29 is 9.47 Å². The summed E-state index contributed by atoms with van der Waals surface area (Å²) in [5.74, 6) is 0.898. The van der Waals surface area contributed by atoms with Crippen molar-refractivity contribution in [2.75, 3.05) is 13.2 Å². The molecule has 0 radical (unpaired) electrons. The Hall–Kier alpha value is -0.0800. The maximum absolute atomic E-state index is 5.40. The molecule has 1 unspecified atom stereocenters. The van der Waals surface area contributed by atoms with Crippen molar-refractivity contribution in [1.82, 2.24) is 0 Å². The maximum Gasteiger partial charge on any atom is 0.157 e. The minimum atomic E-state index is 0.107. The van der Waals surface area contributed by atoms with E-state index in [0.29, 0.717) is 0 Å². The van der Waals surface area contributed by atoms with Crippen LogP contribution < -0.4 is 0 Å². The van der Waals surface area contributed by atoms with E-state index in [4.69, 9.17) is 9.47 Å². The van der Waals surface area contributed by atoms with Crippen LogP contribution in [0, 0.1) is 5.92 Å². The first-order valence-corrected chi connectivity index (χ1v) is 6.56. The van der Waals surface area contributed by atoms with E-state index in [-0.39, 0.29) is 6.29 Å². The summed E-state index contributed by atoms with van der Waals surface area (Å²) in [4.78, 5) is 0. The third-order valence-electron chi connectivity index (χ3n) is 3.13. The van der Waals surface area contributed by atoms with E-state index in [9.17, 15) is 0 Å². The van der Waals surface area contributed by atoms with Crippen molar-refractivity contribution >= 4 is 0 Å². The SMILES string of the molecule is CCCCC(C)CCCCC1OCCO1. The Morgan fingerprint density at radius 1 is 1.07 bits per heavy atom. The molecule has 0 amide bonds. The van der Waals surface area contributed by atoms with E-state index < -0.39 is 0 Å².